The predicted octanol–water partition coefficient (Wildman–Crippen LogP) is 3.27. The van der Waals surface area contributed by atoms with Crippen LogP contribution in [0.15, 0.2) is 54.7 Å². The van der Waals surface area contributed by atoms with Gasteiger partial charge in [-0.15, -0.1) is 0 Å². The zero-order valence-corrected chi connectivity index (χ0v) is 11.0. The number of hydrogen-bond donors (Lipinski definition) is 0. The van der Waals surface area contributed by atoms with Crippen molar-refractivity contribution in [1.82, 2.24) is 9.97 Å². The minimum Gasteiger partial charge on any atom is -0.328 e. The molecule has 96 valence electrons. The van der Waals surface area contributed by atoms with Crippen molar-refractivity contribution >= 4 is 22.5 Å². The third-order valence-corrected chi connectivity index (χ3v) is 3.14. The van der Waals surface area contributed by atoms with Crippen LogP contribution in [-0.2, 0) is 0 Å². The fraction of sp³-hybridized carbons (Fsp3) is 0.0625. The van der Waals surface area contributed by atoms with Gasteiger partial charge in [-0.25, -0.2) is 4.98 Å². The fourth-order valence-corrected chi connectivity index (χ4v) is 2.03. The Hall–Kier alpha value is -2.93. The van der Waals surface area contributed by atoms with Gasteiger partial charge in [0.2, 0.25) is 0 Å². The van der Waals surface area contributed by atoms with E-state index in [2.05, 4.69) is 16.0 Å². The molecule has 0 spiro atoms. The summed E-state index contributed by atoms with van der Waals surface area (Å²) in [6.07, 6.45) is 1.74. The van der Waals surface area contributed by atoms with Crippen LogP contribution in [0.2, 0.25) is 0 Å². The van der Waals surface area contributed by atoms with E-state index < -0.39 is 0 Å². The van der Waals surface area contributed by atoms with Crippen LogP contribution >= 0.6 is 0 Å². The van der Waals surface area contributed by atoms with Gasteiger partial charge in [0.15, 0.2) is 5.82 Å². The molecule has 0 radical (unpaired) electrons. The van der Waals surface area contributed by atoms with Crippen LogP contribution in [0.4, 0.5) is 11.5 Å². The first-order valence-electron chi connectivity index (χ1n) is 6.23. The summed E-state index contributed by atoms with van der Waals surface area (Å²) in [4.78, 5) is 10.9. The first-order chi connectivity index (χ1) is 9.78. The van der Waals surface area contributed by atoms with E-state index in [4.69, 9.17) is 5.26 Å². The third-order valence-electron chi connectivity index (χ3n) is 3.14. The molecule has 0 unspecified atom stereocenters. The minimum absolute atomic E-state index is 0.628. The Labute approximate surface area is 116 Å². The van der Waals surface area contributed by atoms with Gasteiger partial charge >= 0.3 is 0 Å². The van der Waals surface area contributed by atoms with Gasteiger partial charge in [-0.1, -0.05) is 18.2 Å². The largest absolute Gasteiger partial charge is 0.328 e. The zero-order valence-electron chi connectivity index (χ0n) is 11.0. The van der Waals surface area contributed by atoms with E-state index in [1.54, 1.807) is 12.3 Å². The van der Waals surface area contributed by atoms with E-state index in [9.17, 15) is 0 Å². The van der Waals surface area contributed by atoms with E-state index in [1.807, 2.05) is 54.4 Å². The first-order valence-corrected chi connectivity index (χ1v) is 6.23. The standard InChI is InChI=1S/C16H12N4/c1-20(13-6-4-5-12(9-13)10-17)16-11-18-14-7-2-3-8-15(14)19-16/h2-9,11H,1H3. The van der Waals surface area contributed by atoms with E-state index in [0.717, 1.165) is 22.5 Å². The lowest BCUT2D eigenvalue weighted by Gasteiger charge is -2.18. The number of rotatable bonds is 2. The number of hydrogen-bond acceptors (Lipinski definition) is 4. The molecule has 0 N–H and O–H groups in total. The van der Waals surface area contributed by atoms with Crippen molar-refractivity contribution in [2.45, 2.75) is 0 Å². The summed E-state index contributed by atoms with van der Waals surface area (Å²) in [5.74, 6) is 0.749. The average Bonchev–Trinajstić information content (AvgIpc) is 2.53. The Balaban J connectivity index is 2.03. The molecule has 0 aliphatic heterocycles. The van der Waals surface area contributed by atoms with Crippen LogP contribution < -0.4 is 4.90 Å². The lowest BCUT2D eigenvalue weighted by molar-refractivity contribution is 1.12. The van der Waals surface area contributed by atoms with Crippen LogP contribution in [0.5, 0.6) is 0 Å². The monoisotopic (exact) mass is 260 g/mol. The molecule has 3 aromatic rings. The van der Waals surface area contributed by atoms with Crippen LogP contribution in [0, 0.1) is 11.3 Å². The van der Waals surface area contributed by atoms with Crippen molar-refractivity contribution in [3.8, 4) is 6.07 Å². The molecule has 0 amide bonds. The lowest BCUT2D eigenvalue weighted by atomic mass is 10.2. The first kappa shape index (κ1) is 12.1. The Kier molecular flexibility index (Phi) is 3.02. The molecule has 0 aliphatic rings. The highest BCUT2D eigenvalue weighted by molar-refractivity contribution is 5.76. The summed E-state index contributed by atoms with van der Waals surface area (Å²) in [5.41, 5.74) is 3.26. The molecule has 0 atom stereocenters. The second-order valence-electron chi connectivity index (χ2n) is 4.44. The third kappa shape index (κ3) is 2.17. The Morgan fingerprint density at radius 2 is 1.85 bits per heavy atom. The zero-order chi connectivity index (χ0) is 13.9. The van der Waals surface area contributed by atoms with Gasteiger partial charge in [0.1, 0.15) is 0 Å². The molecule has 4 heteroatoms. The highest BCUT2D eigenvalue weighted by atomic mass is 15.2. The van der Waals surface area contributed by atoms with Crippen LogP contribution in [-0.4, -0.2) is 17.0 Å². The molecule has 0 aliphatic carbocycles. The Morgan fingerprint density at radius 3 is 2.65 bits per heavy atom. The Morgan fingerprint density at radius 1 is 1.05 bits per heavy atom. The van der Waals surface area contributed by atoms with Crippen molar-refractivity contribution in [3.63, 3.8) is 0 Å². The molecule has 0 bridgehead atoms. The normalized spacial score (nSPS) is 10.2. The summed E-state index contributed by atoms with van der Waals surface area (Å²) in [6.45, 7) is 0. The van der Waals surface area contributed by atoms with Gasteiger partial charge in [0, 0.05) is 12.7 Å². The molecular weight excluding hydrogens is 248 g/mol. The van der Waals surface area contributed by atoms with Gasteiger partial charge in [0.25, 0.3) is 0 Å². The molecular formula is C16H12N4. The second kappa shape index (κ2) is 4.98. The fourth-order valence-electron chi connectivity index (χ4n) is 2.03. The molecule has 4 nitrogen and oxygen atoms in total. The number of aromatic nitrogens is 2. The van der Waals surface area contributed by atoms with Gasteiger partial charge < -0.3 is 4.90 Å². The molecule has 2 aromatic carbocycles. The molecule has 1 aromatic heterocycles. The van der Waals surface area contributed by atoms with Crippen LogP contribution in [0.1, 0.15) is 5.56 Å². The number of para-hydroxylation sites is 2. The van der Waals surface area contributed by atoms with Crippen molar-refractivity contribution in [3.05, 3.63) is 60.3 Å². The van der Waals surface area contributed by atoms with E-state index in [1.165, 1.54) is 0 Å². The highest BCUT2D eigenvalue weighted by Crippen LogP contribution is 2.23. The van der Waals surface area contributed by atoms with Crippen LogP contribution in [0.25, 0.3) is 11.0 Å². The SMILES string of the molecule is CN(c1cccc(C#N)c1)c1cnc2ccccc2n1. The number of benzene rings is 2. The van der Waals surface area contributed by atoms with Crippen molar-refractivity contribution < 1.29 is 0 Å². The molecule has 0 saturated carbocycles. The topological polar surface area (TPSA) is 52.8 Å². The average molecular weight is 260 g/mol. The number of nitriles is 1. The van der Waals surface area contributed by atoms with Crippen molar-refractivity contribution in [1.29, 1.82) is 5.26 Å². The molecule has 3 rings (SSSR count). The van der Waals surface area contributed by atoms with Gasteiger partial charge in [-0.05, 0) is 30.3 Å². The smallest absolute Gasteiger partial charge is 0.152 e. The van der Waals surface area contributed by atoms with E-state index in [-0.39, 0.29) is 0 Å². The molecule has 0 fully saturated rings. The second-order valence-corrected chi connectivity index (χ2v) is 4.44. The molecule has 0 saturated heterocycles. The predicted molar refractivity (Wildman–Crippen MR) is 78.8 cm³/mol. The van der Waals surface area contributed by atoms with Crippen molar-refractivity contribution in [2.24, 2.45) is 0 Å². The maximum atomic E-state index is 8.96. The maximum absolute atomic E-state index is 8.96. The Bertz CT molecular complexity index is 805. The summed E-state index contributed by atoms with van der Waals surface area (Å²) in [5, 5.41) is 8.96. The summed E-state index contributed by atoms with van der Waals surface area (Å²) < 4.78 is 0. The van der Waals surface area contributed by atoms with Crippen LogP contribution in [0.3, 0.4) is 0 Å². The minimum atomic E-state index is 0.628. The summed E-state index contributed by atoms with van der Waals surface area (Å²) in [6, 6.07) is 17.3. The maximum Gasteiger partial charge on any atom is 0.152 e. The van der Waals surface area contributed by atoms with Gasteiger partial charge in [0.05, 0.1) is 28.9 Å². The number of nitrogens with zero attached hydrogens (tertiary/aromatic N) is 4. The van der Waals surface area contributed by atoms with Crippen molar-refractivity contribution in [2.75, 3.05) is 11.9 Å². The summed E-state index contributed by atoms with van der Waals surface area (Å²) >= 11 is 0. The lowest BCUT2D eigenvalue weighted by Crippen LogP contribution is -2.11. The van der Waals surface area contributed by atoms with E-state index >= 15 is 0 Å². The molecule has 20 heavy (non-hydrogen) atoms. The molecule has 1 heterocycles. The van der Waals surface area contributed by atoms with Gasteiger partial charge in [-0.3, -0.25) is 4.98 Å². The highest BCUT2D eigenvalue weighted by Gasteiger charge is 2.07. The van der Waals surface area contributed by atoms with Gasteiger partial charge in [-0.2, -0.15) is 5.26 Å². The quantitative estimate of drug-likeness (QED) is 0.709. The number of anilines is 2. The summed E-state index contributed by atoms with van der Waals surface area (Å²) in [7, 11) is 1.91. The number of fused-ring (bicyclic) bond motifs is 1. The van der Waals surface area contributed by atoms with E-state index in [0.29, 0.717) is 5.56 Å².